The first kappa shape index (κ1) is 16.1. The Morgan fingerprint density at radius 1 is 1.00 bits per heavy atom. The van der Waals surface area contributed by atoms with Crippen LogP contribution in [-0.4, -0.2) is 16.8 Å². The SMILES string of the molecule is N#CC1C(=O)Nc2scc(-c3ccc(-c4ccccc4O)cc3)c2C1=O. The van der Waals surface area contributed by atoms with Gasteiger partial charge in [-0.1, -0.05) is 42.5 Å². The van der Waals surface area contributed by atoms with E-state index in [9.17, 15) is 14.7 Å². The van der Waals surface area contributed by atoms with Gasteiger partial charge in [-0.15, -0.1) is 11.3 Å². The lowest BCUT2D eigenvalue weighted by Gasteiger charge is -2.17. The molecule has 2 N–H and O–H groups in total. The van der Waals surface area contributed by atoms with Crippen LogP contribution in [0.1, 0.15) is 10.4 Å². The highest BCUT2D eigenvalue weighted by Gasteiger charge is 2.37. The van der Waals surface area contributed by atoms with E-state index in [1.54, 1.807) is 23.6 Å². The van der Waals surface area contributed by atoms with Crippen molar-refractivity contribution >= 4 is 28.0 Å². The number of amides is 1. The normalized spacial score (nSPS) is 15.9. The molecule has 26 heavy (non-hydrogen) atoms. The number of para-hydroxylation sites is 1. The second kappa shape index (κ2) is 6.14. The summed E-state index contributed by atoms with van der Waals surface area (Å²) < 4.78 is 0. The van der Waals surface area contributed by atoms with Gasteiger partial charge in [-0.2, -0.15) is 5.26 Å². The molecule has 1 amide bonds. The predicted octanol–water partition coefficient (Wildman–Crippen LogP) is 4.06. The van der Waals surface area contributed by atoms with Crippen molar-refractivity contribution in [3.05, 3.63) is 59.5 Å². The topological polar surface area (TPSA) is 90.2 Å². The highest BCUT2D eigenvalue weighted by Crippen LogP contribution is 2.40. The first-order chi connectivity index (χ1) is 12.6. The minimum Gasteiger partial charge on any atom is -0.507 e. The number of Topliss-reactive ketones (excluding diaryl/α,β-unsaturated/α-hetero) is 1. The quantitative estimate of drug-likeness (QED) is 0.674. The molecule has 0 aliphatic carbocycles. The molecule has 126 valence electrons. The van der Waals surface area contributed by atoms with Crippen LogP contribution in [0.5, 0.6) is 5.75 Å². The van der Waals surface area contributed by atoms with E-state index >= 15 is 0 Å². The lowest BCUT2D eigenvalue weighted by molar-refractivity contribution is -0.117. The number of hydrogen-bond acceptors (Lipinski definition) is 5. The summed E-state index contributed by atoms with van der Waals surface area (Å²) in [6, 6.07) is 16.3. The fourth-order valence-electron chi connectivity index (χ4n) is 3.02. The fourth-order valence-corrected chi connectivity index (χ4v) is 4.00. The van der Waals surface area contributed by atoms with Gasteiger partial charge in [0.25, 0.3) is 0 Å². The Morgan fingerprint density at radius 3 is 2.31 bits per heavy atom. The summed E-state index contributed by atoms with van der Waals surface area (Å²) in [5, 5.41) is 24.0. The summed E-state index contributed by atoms with van der Waals surface area (Å²) in [4.78, 5) is 24.3. The number of aromatic hydroxyl groups is 1. The standard InChI is InChI=1S/C20H12N2O3S/c21-9-14-18(24)17-15(10-26-20(17)22-19(14)25)12-7-5-11(6-8-12)13-3-1-2-4-16(13)23/h1-8,10,14,23H,(H,22,25). The number of fused-ring (bicyclic) bond motifs is 1. The van der Waals surface area contributed by atoms with Crippen molar-refractivity contribution < 1.29 is 14.7 Å². The van der Waals surface area contributed by atoms with Crippen LogP contribution in [0.4, 0.5) is 5.00 Å². The zero-order valence-electron chi connectivity index (χ0n) is 13.4. The highest BCUT2D eigenvalue weighted by molar-refractivity contribution is 7.15. The van der Waals surface area contributed by atoms with Crippen molar-refractivity contribution in [3.63, 3.8) is 0 Å². The van der Waals surface area contributed by atoms with Gasteiger partial charge in [0.2, 0.25) is 5.91 Å². The van der Waals surface area contributed by atoms with Gasteiger partial charge in [-0.25, -0.2) is 0 Å². The van der Waals surface area contributed by atoms with Gasteiger partial charge >= 0.3 is 0 Å². The lowest BCUT2D eigenvalue weighted by atomic mass is 9.90. The molecular formula is C20H12N2O3S. The van der Waals surface area contributed by atoms with Gasteiger partial charge in [0.05, 0.1) is 11.6 Å². The number of anilines is 1. The van der Waals surface area contributed by atoms with E-state index in [0.29, 0.717) is 16.1 Å². The van der Waals surface area contributed by atoms with Crippen molar-refractivity contribution in [2.24, 2.45) is 5.92 Å². The number of carbonyl (C=O) groups excluding carboxylic acids is 2. The molecule has 3 aromatic rings. The number of hydrogen-bond donors (Lipinski definition) is 2. The zero-order chi connectivity index (χ0) is 18.3. The number of benzene rings is 2. The van der Waals surface area contributed by atoms with E-state index in [-0.39, 0.29) is 5.75 Å². The molecule has 0 saturated heterocycles. The van der Waals surface area contributed by atoms with Crippen LogP contribution in [0.25, 0.3) is 22.3 Å². The molecule has 2 heterocycles. The number of ketones is 1. The molecule has 0 spiro atoms. The van der Waals surface area contributed by atoms with Crippen molar-refractivity contribution in [2.75, 3.05) is 5.32 Å². The van der Waals surface area contributed by atoms with E-state index in [2.05, 4.69) is 5.32 Å². The summed E-state index contributed by atoms with van der Waals surface area (Å²) in [7, 11) is 0. The van der Waals surface area contributed by atoms with Gasteiger partial charge in [0, 0.05) is 16.5 Å². The van der Waals surface area contributed by atoms with E-state index in [1.807, 2.05) is 36.4 Å². The van der Waals surface area contributed by atoms with Crippen molar-refractivity contribution in [1.29, 1.82) is 5.26 Å². The van der Waals surface area contributed by atoms with Gasteiger partial charge in [-0.05, 0) is 17.2 Å². The Bertz CT molecular complexity index is 1080. The molecule has 0 saturated carbocycles. The third-order valence-electron chi connectivity index (χ3n) is 4.34. The minimum absolute atomic E-state index is 0.197. The smallest absolute Gasteiger partial charge is 0.250 e. The average Bonchev–Trinajstić information content (AvgIpc) is 3.06. The van der Waals surface area contributed by atoms with Crippen molar-refractivity contribution in [1.82, 2.24) is 0 Å². The number of thiophene rings is 1. The molecule has 1 aromatic heterocycles. The van der Waals surface area contributed by atoms with Crippen molar-refractivity contribution in [2.45, 2.75) is 0 Å². The first-order valence-corrected chi connectivity index (χ1v) is 8.73. The Morgan fingerprint density at radius 2 is 1.65 bits per heavy atom. The molecule has 4 rings (SSSR count). The number of nitrogens with zero attached hydrogens (tertiary/aromatic N) is 1. The molecular weight excluding hydrogens is 348 g/mol. The molecule has 2 aromatic carbocycles. The van der Waals surface area contributed by atoms with Crippen LogP contribution < -0.4 is 5.32 Å². The highest BCUT2D eigenvalue weighted by atomic mass is 32.1. The van der Waals surface area contributed by atoms with E-state index in [1.165, 1.54) is 11.3 Å². The van der Waals surface area contributed by atoms with Crippen LogP contribution in [0.2, 0.25) is 0 Å². The van der Waals surface area contributed by atoms with Gasteiger partial charge in [-0.3, -0.25) is 9.59 Å². The summed E-state index contributed by atoms with van der Waals surface area (Å²) in [6.07, 6.45) is 0. The van der Waals surface area contributed by atoms with E-state index in [4.69, 9.17) is 5.26 Å². The van der Waals surface area contributed by atoms with Crippen LogP contribution in [0.15, 0.2) is 53.9 Å². The molecule has 1 aliphatic heterocycles. The molecule has 0 fully saturated rings. The maximum atomic E-state index is 12.5. The summed E-state index contributed by atoms with van der Waals surface area (Å²) in [6.45, 7) is 0. The lowest BCUT2D eigenvalue weighted by Crippen LogP contribution is -2.33. The van der Waals surface area contributed by atoms with Gasteiger partial charge in [0.1, 0.15) is 10.8 Å². The average molecular weight is 360 g/mol. The molecule has 1 aliphatic rings. The largest absolute Gasteiger partial charge is 0.507 e. The molecule has 1 unspecified atom stereocenters. The van der Waals surface area contributed by atoms with Crippen LogP contribution >= 0.6 is 11.3 Å². The predicted molar refractivity (Wildman–Crippen MR) is 98.9 cm³/mol. The molecule has 0 radical (unpaired) electrons. The second-order valence-electron chi connectivity index (χ2n) is 5.86. The Hall–Kier alpha value is -3.43. The van der Waals surface area contributed by atoms with Crippen LogP contribution in [0, 0.1) is 17.2 Å². The van der Waals surface area contributed by atoms with Crippen LogP contribution in [-0.2, 0) is 4.79 Å². The Kier molecular flexibility index (Phi) is 3.79. The summed E-state index contributed by atoms with van der Waals surface area (Å²) in [5.74, 6) is -2.15. The molecule has 6 heteroatoms. The first-order valence-electron chi connectivity index (χ1n) is 7.85. The number of nitrogens with one attached hydrogen (secondary N) is 1. The number of rotatable bonds is 2. The van der Waals surface area contributed by atoms with E-state index in [0.717, 1.165) is 16.7 Å². The fraction of sp³-hybridized carbons (Fsp3) is 0.0500. The third-order valence-corrected chi connectivity index (χ3v) is 5.23. The van der Waals surface area contributed by atoms with Crippen LogP contribution in [0.3, 0.4) is 0 Å². The van der Waals surface area contributed by atoms with Gasteiger partial charge in [0.15, 0.2) is 11.7 Å². The number of carbonyl (C=O) groups is 2. The monoisotopic (exact) mass is 360 g/mol. The van der Waals surface area contributed by atoms with Crippen molar-refractivity contribution in [3.8, 4) is 34.1 Å². The Labute approximate surface area is 153 Å². The summed E-state index contributed by atoms with van der Waals surface area (Å²) >= 11 is 1.27. The Balaban J connectivity index is 1.75. The third kappa shape index (κ3) is 2.46. The molecule has 5 nitrogen and oxygen atoms in total. The number of nitriles is 1. The second-order valence-corrected chi connectivity index (χ2v) is 6.74. The van der Waals surface area contributed by atoms with Gasteiger partial charge < -0.3 is 10.4 Å². The maximum absolute atomic E-state index is 12.5. The minimum atomic E-state index is -1.31. The molecule has 0 bridgehead atoms. The summed E-state index contributed by atoms with van der Waals surface area (Å²) in [5.41, 5.74) is 3.46. The number of phenolic OH excluding ortho intramolecular Hbond substituents is 1. The maximum Gasteiger partial charge on any atom is 0.250 e. The van der Waals surface area contributed by atoms with E-state index < -0.39 is 17.6 Å². The zero-order valence-corrected chi connectivity index (χ0v) is 14.2. The molecule has 1 atom stereocenters. The number of phenols is 1.